The first-order valence-electron chi connectivity index (χ1n) is 6.92. The zero-order chi connectivity index (χ0) is 13.4. The van der Waals surface area contributed by atoms with Crippen LogP contribution in [0, 0.1) is 11.8 Å². The lowest BCUT2D eigenvalue weighted by Crippen LogP contribution is -2.26. The van der Waals surface area contributed by atoms with Crippen LogP contribution >= 0.6 is 0 Å². The number of carbonyl (C=O) groups is 1. The molecule has 2 unspecified atom stereocenters. The Labute approximate surface area is 112 Å². The van der Waals surface area contributed by atoms with Gasteiger partial charge in [0, 0.05) is 12.5 Å². The van der Waals surface area contributed by atoms with Gasteiger partial charge in [-0.2, -0.15) is 0 Å². The summed E-state index contributed by atoms with van der Waals surface area (Å²) in [5, 5.41) is 3.00. The first-order chi connectivity index (χ1) is 9.20. The third-order valence-electron chi connectivity index (χ3n) is 3.92. The summed E-state index contributed by atoms with van der Waals surface area (Å²) in [6.45, 7) is 5.60. The first-order valence-corrected chi connectivity index (χ1v) is 6.92. The lowest BCUT2D eigenvalue weighted by Gasteiger charge is -2.07. The normalized spacial score (nSPS) is 21.6. The second-order valence-corrected chi connectivity index (χ2v) is 5.30. The first kappa shape index (κ1) is 12.2. The molecule has 2 aromatic rings. The molecule has 4 nitrogen and oxygen atoms in total. The highest BCUT2D eigenvalue weighted by Crippen LogP contribution is 2.37. The van der Waals surface area contributed by atoms with Crippen LogP contribution in [0.1, 0.15) is 26.1 Å². The zero-order valence-corrected chi connectivity index (χ0v) is 11.4. The minimum atomic E-state index is 0.169. The lowest BCUT2D eigenvalue weighted by molar-refractivity contribution is -0.122. The van der Waals surface area contributed by atoms with Crippen molar-refractivity contribution in [1.29, 1.82) is 0 Å². The van der Waals surface area contributed by atoms with Crippen LogP contribution < -0.4 is 5.32 Å². The van der Waals surface area contributed by atoms with Gasteiger partial charge >= 0.3 is 0 Å². The van der Waals surface area contributed by atoms with Gasteiger partial charge in [-0.05, 0) is 31.4 Å². The van der Waals surface area contributed by atoms with Crippen LogP contribution in [0.15, 0.2) is 24.3 Å². The van der Waals surface area contributed by atoms with Gasteiger partial charge in [0.1, 0.15) is 5.82 Å². The van der Waals surface area contributed by atoms with E-state index in [0.29, 0.717) is 12.5 Å². The maximum Gasteiger partial charge on any atom is 0.223 e. The van der Waals surface area contributed by atoms with Crippen molar-refractivity contribution in [2.24, 2.45) is 11.8 Å². The van der Waals surface area contributed by atoms with Crippen molar-refractivity contribution in [3.63, 3.8) is 0 Å². The molecule has 0 radical (unpaired) electrons. The topological polar surface area (TPSA) is 46.9 Å². The highest BCUT2D eigenvalue weighted by atomic mass is 16.2. The SMILES string of the molecule is CCn1c(CNC(=O)C2CC2C)nc2ccccc21. The van der Waals surface area contributed by atoms with E-state index in [1.807, 2.05) is 18.2 Å². The molecule has 2 atom stereocenters. The van der Waals surface area contributed by atoms with Crippen molar-refractivity contribution in [3.05, 3.63) is 30.1 Å². The molecule has 0 bridgehead atoms. The number of fused-ring (bicyclic) bond motifs is 1. The Balaban J connectivity index is 1.78. The summed E-state index contributed by atoms with van der Waals surface area (Å²) < 4.78 is 2.16. The number of aryl methyl sites for hydroxylation is 1. The Hall–Kier alpha value is -1.84. The van der Waals surface area contributed by atoms with Crippen molar-refractivity contribution in [3.8, 4) is 0 Å². The van der Waals surface area contributed by atoms with Crippen molar-refractivity contribution in [1.82, 2.24) is 14.9 Å². The summed E-state index contributed by atoms with van der Waals surface area (Å²) in [4.78, 5) is 16.5. The molecule has 1 aliphatic rings. The predicted molar refractivity (Wildman–Crippen MR) is 74.5 cm³/mol. The second-order valence-electron chi connectivity index (χ2n) is 5.30. The fourth-order valence-electron chi connectivity index (χ4n) is 2.60. The van der Waals surface area contributed by atoms with E-state index in [2.05, 4.69) is 34.8 Å². The molecule has 0 spiro atoms. The van der Waals surface area contributed by atoms with Crippen molar-refractivity contribution >= 4 is 16.9 Å². The average Bonchev–Trinajstić information content (AvgIpc) is 3.04. The van der Waals surface area contributed by atoms with Crippen LogP contribution in [-0.2, 0) is 17.9 Å². The maximum absolute atomic E-state index is 11.9. The van der Waals surface area contributed by atoms with Gasteiger partial charge in [-0.3, -0.25) is 4.79 Å². The number of aromatic nitrogens is 2. The minimum absolute atomic E-state index is 0.169. The molecule has 4 heteroatoms. The molecule has 1 aromatic carbocycles. The van der Waals surface area contributed by atoms with Crippen LogP contribution in [0.25, 0.3) is 11.0 Å². The molecule has 1 amide bonds. The highest BCUT2D eigenvalue weighted by molar-refractivity contribution is 5.81. The summed E-state index contributed by atoms with van der Waals surface area (Å²) in [6, 6.07) is 8.09. The smallest absolute Gasteiger partial charge is 0.223 e. The summed E-state index contributed by atoms with van der Waals surface area (Å²) >= 11 is 0. The van der Waals surface area contributed by atoms with Gasteiger partial charge in [-0.25, -0.2) is 4.98 Å². The number of hydrogen-bond donors (Lipinski definition) is 1. The van der Waals surface area contributed by atoms with Gasteiger partial charge in [0.15, 0.2) is 0 Å². The molecule has 1 aromatic heterocycles. The van der Waals surface area contributed by atoms with Crippen molar-refractivity contribution < 1.29 is 4.79 Å². The Morgan fingerprint density at radius 3 is 2.89 bits per heavy atom. The number of nitrogens with one attached hydrogen (secondary N) is 1. The molecule has 3 rings (SSSR count). The van der Waals surface area contributed by atoms with E-state index in [1.165, 1.54) is 0 Å². The molecule has 1 saturated carbocycles. The fourth-order valence-corrected chi connectivity index (χ4v) is 2.60. The van der Waals surface area contributed by atoms with Crippen LogP contribution in [0.3, 0.4) is 0 Å². The van der Waals surface area contributed by atoms with E-state index >= 15 is 0 Å². The van der Waals surface area contributed by atoms with E-state index in [1.54, 1.807) is 0 Å². The fraction of sp³-hybridized carbons (Fsp3) is 0.467. The standard InChI is InChI=1S/C15H19N3O/c1-3-18-13-7-5-4-6-12(13)17-14(18)9-16-15(19)11-8-10(11)2/h4-7,10-11H,3,8-9H2,1-2H3,(H,16,19). The van der Waals surface area contributed by atoms with Crippen LogP contribution in [-0.4, -0.2) is 15.5 Å². The summed E-state index contributed by atoms with van der Waals surface area (Å²) in [6.07, 6.45) is 1.02. The van der Waals surface area contributed by atoms with Gasteiger partial charge in [0.25, 0.3) is 0 Å². The minimum Gasteiger partial charge on any atom is -0.349 e. The number of para-hydroxylation sites is 2. The molecular formula is C15H19N3O. The Morgan fingerprint density at radius 2 is 2.21 bits per heavy atom. The predicted octanol–water partition coefficient (Wildman–Crippen LogP) is 2.33. The maximum atomic E-state index is 11.9. The lowest BCUT2D eigenvalue weighted by atomic mass is 10.3. The van der Waals surface area contributed by atoms with E-state index in [0.717, 1.165) is 29.8 Å². The molecular weight excluding hydrogens is 238 g/mol. The number of benzene rings is 1. The van der Waals surface area contributed by atoms with Crippen LogP contribution in [0.5, 0.6) is 0 Å². The van der Waals surface area contributed by atoms with Gasteiger partial charge in [-0.1, -0.05) is 19.1 Å². The summed E-state index contributed by atoms with van der Waals surface area (Å²) in [7, 11) is 0. The Kier molecular flexibility index (Phi) is 3.01. The molecule has 1 aliphatic carbocycles. The quantitative estimate of drug-likeness (QED) is 0.913. The molecule has 100 valence electrons. The molecule has 19 heavy (non-hydrogen) atoms. The number of nitrogens with zero attached hydrogens (tertiary/aromatic N) is 2. The van der Waals surface area contributed by atoms with Gasteiger partial charge in [-0.15, -0.1) is 0 Å². The van der Waals surface area contributed by atoms with E-state index < -0.39 is 0 Å². The van der Waals surface area contributed by atoms with Crippen molar-refractivity contribution in [2.45, 2.75) is 33.4 Å². The Morgan fingerprint density at radius 1 is 1.47 bits per heavy atom. The number of rotatable bonds is 4. The number of carbonyl (C=O) groups excluding carboxylic acids is 1. The van der Waals surface area contributed by atoms with Gasteiger partial charge in [0.05, 0.1) is 17.6 Å². The second kappa shape index (κ2) is 4.68. The summed E-state index contributed by atoms with van der Waals surface area (Å²) in [5.74, 6) is 1.87. The molecule has 1 N–H and O–H groups in total. The van der Waals surface area contributed by atoms with Gasteiger partial charge < -0.3 is 9.88 Å². The molecule has 0 saturated heterocycles. The third-order valence-corrected chi connectivity index (χ3v) is 3.92. The molecule has 0 aliphatic heterocycles. The summed E-state index contributed by atoms with van der Waals surface area (Å²) in [5.41, 5.74) is 2.13. The molecule has 1 heterocycles. The number of imidazole rings is 1. The molecule has 1 fully saturated rings. The highest BCUT2D eigenvalue weighted by Gasteiger charge is 2.38. The third kappa shape index (κ3) is 2.23. The zero-order valence-electron chi connectivity index (χ0n) is 11.4. The average molecular weight is 257 g/mol. The number of amides is 1. The Bertz CT molecular complexity index is 617. The monoisotopic (exact) mass is 257 g/mol. The van der Waals surface area contributed by atoms with Gasteiger partial charge in [0.2, 0.25) is 5.91 Å². The largest absolute Gasteiger partial charge is 0.349 e. The van der Waals surface area contributed by atoms with E-state index in [4.69, 9.17) is 0 Å². The van der Waals surface area contributed by atoms with Crippen molar-refractivity contribution in [2.75, 3.05) is 0 Å². The van der Waals surface area contributed by atoms with Crippen LogP contribution in [0.4, 0.5) is 0 Å². The van der Waals surface area contributed by atoms with E-state index in [9.17, 15) is 4.79 Å². The number of hydrogen-bond acceptors (Lipinski definition) is 2. The van der Waals surface area contributed by atoms with Crippen LogP contribution in [0.2, 0.25) is 0 Å². The van der Waals surface area contributed by atoms with E-state index in [-0.39, 0.29) is 11.8 Å².